The van der Waals surface area contributed by atoms with E-state index in [1.54, 1.807) is 24.3 Å². The monoisotopic (exact) mass is 450 g/mol. The highest BCUT2D eigenvalue weighted by atomic mass is 32.1. The zero-order chi connectivity index (χ0) is 22.8. The lowest BCUT2D eigenvalue weighted by molar-refractivity contribution is -0.119. The Hall–Kier alpha value is -3.52. The molecule has 0 saturated carbocycles. The van der Waals surface area contributed by atoms with Crippen molar-refractivity contribution in [1.29, 1.82) is 0 Å². The fourth-order valence-corrected chi connectivity index (χ4v) is 3.83. The largest absolute Gasteiger partial charge is 0.356 e. The lowest BCUT2D eigenvalue weighted by Crippen LogP contribution is -2.43. The van der Waals surface area contributed by atoms with Gasteiger partial charge in [0.1, 0.15) is 6.04 Å². The number of nitrogens with one attached hydrogen (secondary N) is 3. The van der Waals surface area contributed by atoms with Gasteiger partial charge >= 0.3 is 0 Å². The van der Waals surface area contributed by atoms with Crippen molar-refractivity contribution >= 4 is 34.2 Å². The normalized spacial score (nSPS) is 11.4. The standard InChI is InChI=1S/C24H26N4O3S/c1-17(29)25-15-9-8-14-20(26-22(30)19-12-6-3-7-13-19)23(31)28-24-27-21(16-32-24)18-10-4-2-5-11-18/h2-7,10-13,16,20H,8-9,14-15H2,1H3,(H,25,29)(H,26,30)(H,27,28,31)/t20-/m0/s1. The minimum atomic E-state index is -0.718. The van der Waals surface area contributed by atoms with Crippen LogP contribution in [0.1, 0.15) is 36.5 Å². The molecular formula is C24H26N4O3S. The Morgan fingerprint density at radius 2 is 1.66 bits per heavy atom. The number of nitrogens with zero attached hydrogens (tertiary/aromatic N) is 1. The molecule has 1 heterocycles. The van der Waals surface area contributed by atoms with Crippen LogP contribution < -0.4 is 16.0 Å². The van der Waals surface area contributed by atoms with Gasteiger partial charge in [0.15, 0.2) is 5.13 Å². The first-order valence-corrected chi connectivity index (χ1v) is 11.3. The smallest absolute Gasteiger partial charge is 0.251 e. The molecular weight excluding hydrogens is 424 g/mol. The maximum absolute atomic E-state index is 13.0. The quantitative estimate of drug-likeness (QED) is 0.409. The minimum Gasteiger partial charge on any atom is -0.356 e. The molecule has 0 fully saturated rings. The molecule has 0 bridgehead atoms. The molecule has 0 aliphatic heterocycles. The maximum Gasteiger partial charge on any atom is 0.251 e. The van der Waals surface area contributed by atoms with Gasteiger partial charge in [-0.25, -0.2) is 4.98 Å². The average Bonchev–Trinajstić information content (AvgIpc) is 3.27. The number of unbranched alkanes of at least 4 members (excludes halogenated alkanes) is 1. The first kappa shape index (κ1) is 23.1. The molecule has 3 amide bonds. The molecule has 3 aromatic rings. The fraction of sp³-hybridized carbons (Fsp3) is 0.250. The van der Waals surface area contributed by atoms with Crippen molar-refractivity contribution in [3.05, 3.63) is 71.6 Å². The van der Waals surface area contributed by atoms with Crippen molar-refractivity contribution in [2.24, 2.45) is 0 Å². The molecule has 32 heavy (non-hydrogen) atoms. The van der Waals surface area contributed by atoms with Gasteiger partial charge in [0.2, 0.25) is 11.8 Å². The third kappa shape index (κ3) is 7.02. The molecule has 0 aliphatic rings. The number of carbonyl (C=O) groups excluding carboxylic acids is 3. The number of thiazole rings is 1. The van der Waals surface area contributed by atoms with Gasteiger partial charge in [-0.05, 0) is 31.4 Å². The highest BCUT2D eigenvalue weighted by Gasteiger charge is 2.22. The van der Waals surface area contributed by atoms with E-state index in [-0.39, 0.29) is 17.7 Å². The number of hydrogen-bond acceptors (Lipinski definition) is 5. The van der Waals surface area contributed by atoms with Crippen LogP contribution in [0.5, 0.6) is 0 Å². The molecule has 166 valence electrons. The summed E-state index contributed by atoms with van der Waals surface area (Å²) in [6, 6.07) is 17.8. The molecule has 3 N–H and O–H groups in total. The van der Waals surface area contributed by atoms with Crippen molar-refractivity contribution in [2.45, 2.75) is 32.2 Å². The van der Waals surface area contributed by atoms with Crippen LogP contribution in [0, 0.1) is 0 Å². The summed E-state index contributed by atoms with van der Waals surface area (Å²) in [7, 11) is 0. The Kier molecular flexibility index (Phi) is 8.51. The Morgan fingerprint density at radius 3 is 2.34 bits per heavy atom. The van der Waals surface area contributed by atoms with E-state index in [0.717, 1.165) is 11.3 Å². The SMILES string of the molecule is CC(=O)NCCCC[C@H](NC(=O)c1ccccc1)C(=O)Nc1nc(-c2ccccc2)cs1. The van der Waals surface area contributed by atoms with E-state index in [4.69, 9.17) is 0 Å². The van der Waals surface area contributed by atoms with E-state index in [1.165, 1.54) is 18.3 Å². The second kappa shape index (κ2) is 11.8. The zero-order valence-corrected chi connectivity index (χ0v) is 18.7. The van der Waals surface area contributed by atoms with Gasteiger partial charge in [0, 0.05) is 30.0 Å². The van der Waals surface area contributed by atoms with E-state index < -0.39 is 6.04 Å². The van der Waals surface area contributed by atoms with Crippen LogP contribution in [0.15, 0.2) is 66.0 Å². The van der Waals surface area contributed by atoms with Crippen molar-refractivity contribution < 1.29 is 14.4 Å². The van der Waals surface area contributed by atoms with Crippen LogP contribution in [-0.2, 0) is 9.59 Å². The maximum atomic E-state index is 13.0. The number of aromatic nitrogens is 1. The summed E-state index contributed by atoms with van der Waals surface area (Å²) in [5.74, 6) is -0.714. The molecule has 1 aromatic heterocycles. The second-order valence-electron chi connectivity index (χ2n) is 7.26. The lowest BCUT2D eigenvalue weighted by atomic mass is 10.1. The van der Waals surface area contributed by atoms with Gasteiger partial charge < -0.3 is 16.0 Å². The highest BCUT2D eigenvalue weighted by Crippen LogP contribution is 2.24. The van der Waals surface area contributed by atoms with Crippen LogP contribution in [-0.4, -0.2) is 35.3 Å². The molecule has 1 atom stereocenters. The van der Waals surface area contributed by atoms with Gasteiger partial charge in [0.05, 0.1) is 5.69 Å². The van der Waals surface area contributed by atoms with E-state index >= 15 is 0 Å². The van der Waals surface area contributed by atoms with Gasteiger partial charge in [-0.1, -0.05) is 48.5 Å². The summed E-state index contributed by atoms with van der Waals surface area (Å²) in [4.78, 5) is 41.1. The first-order chi connectivity index (χ1) is 15.5. The lowest BCUT2D eigenvalue weighted by Gasteiger charge is -2.18. The third-order valence-electron chi connectivity index (χ3n) is 4.76. The van der Waals surface area contributed by atoms with E-state index in [9.17, 15) is 14.4 Å². The number of anilines is 1. The summed E-state index contributed by atoms with van der Waals surface area (Å²) in [5, 5.41) is 10.8. The van der Waals surface area contributed by atoms with Crippen LogP contribution in [0.2, 0.25) is 0 Å². The van der Waals surface area contributed by atoms with E-state index in [1.807, 2.05) is 41.8 Å². The minimum absolute atomic E-state index is 0.0883. The number of amides is 3. The molecule has 0 saturated heterocycles. The summed E-state index contributed by atoms with van der Waals surface area (Å²) < 4.78 is 0. The predicted molar refractivity (Wildman–Crippen MR) is 126 cm³/mol. The number of benzene rings is 2. The molecule has 7 nitrogen and oxygen atoms in total. The van der Waals surface area contributed by atoms with E-state index in [0.29, 0.717) is 36.5 Å². The Labute approximate surface area is 191 Å². The van der Waals surface area contributed by atoms with Crippen LogP contribution in [0.4, 0.5) is 5.13 Å². The molecule has 0 radical (unpaired) electrons. The van der Waals surface area contributed by atoms with Crippen LogP contribution in [0.25, 0.3) is 11.3 Å². The summed E-state index contributed by atoms with van der Waals surface area (Å²) in [6.07, 6.45) is 1.82. The highest BCUT2D eigenvalue weighted by molar-refractivity contribution is 7.14. The Morgan fingerprint density at radius 1 is 0.969 bits per heavy atom. The second-order valence-corrected chi connectivity index (χ2v) is 8.12. The number of hydrogen-bond donors (Lipinski definition) is 3. The molecule has 0 unspecified atom stereocenters. The van der Waals surface area contributed by atoms with Gasteiger partial charge in [-0.3, -0.25) is 14.4 Å². The fourth-order valence-electron chi connectivity index (χ4n) is 3.10. The summed E-state index contributed by atoms with van der Waals surface area (Å²) in [6.45, 7) is 2.00. The van der Waals surface area contributed by atoms with E-state index in [2.05, 4.69) is 20.9 Å². The zero-order valence-electron chi connectivity index (χ0n) is 17.8. The van der Waals surface area contributed by atoms with Crippen LogP contribution >= 0.6 is 11.3 Å². The molecule has 2 aromatic carbocycles. The van der Waals surface area contributed by atoms with Crippen molar-refractivity contribution in [3.8, 4) is 11.3 Å². The molecule has 3 rings (SSSR count). The molecule has 8 heteroatoms. The first-order valence-electron chi connectivity index (χ1n) is 10.4. The topological polar surface area (TPSA) is 100 Å². The number of carbonyl (C=O) groups is 3. The Balaban J connectivity index is 1.64. The van der Waals surface area contributed by atoms with Gasteiger partial charge in [-0.2, -0.15) is 0 Å². The summed E-state index contributed by atoms with van der Waals surface area (Å²) >= 11 is 1.34. The van der Waals surface area contributed by atoms with Gasteiger partial charge in [0.25, 0.3) is 5.91 Å². The summed E-state index contributed by atoms with van der Waals surface area (Å²) in [5.41, 5.74) is 2.24. The number of rotatable bonds is 10. The van der Waals surface area contributed by atoms with Crippen molar-refractivity contribution in [1.82, 2.24) is 15.6 Å². The molecule has 0 aliphatic carbocycles. The third-order valence-corrected chi connectivity index (χ3v) is 5.51. The van der Waals surface area contributed by atoms with Crippen molar-refractivity contribution in [2.75, 3.05) is 11.9 Å². The van der Waals surface area contributed by atoms with Crippen molar-refractivity contribution in [3.63, 3.8) is 0 Å². The molecule has 0 spiro atoms. The predicted octanol–water partition coefficient (Wildman–Crippen LogP) is 3.85. The van der Waals surface area contributed by atoms with Crippen LogP contribution in [0.3, 0.4) is 0 Å². The average molecular weight is 451 g/mol. The Bertz CT molecular complexity index is 1040. The van der Waals surface area contributed by atoms with Gasteiger partial charge in [-0.15, -0.1) is 11.3 Å².